The number of phosphoric acid groups is 1. The topological polar surface area (TPSA) is 359 Å². The number of ether oxygens (including phenoxy) is 11. The number of aliphatic hydroxyl groups is 2. The molecule has 6 fully saturated rings. The summed E-state index contributed by atoms with van der Waals surface area (Å²) in [6.45, 7) is 32.5. The number of hydrogen-bond acceptors (Lipinski definition) is 30. The predicted molar refractivity (Wildman–Crippen MR) is 375 cm³/mol. The molecule has 6 saturated heterocycles. The Labute approximate surface area is 615 Å². The summed E-state index contributed by atoms with van der Waals surface area (Å²) in [4.78, 5) is 65.1. The minimum Gasteiger partial charge on any atom is -0.463 e. The summed E-state index contributed by atoms with van der Waals surface area (Å²) in [5, 5.41) is 18.5. The lowest BCUT2D eigenvalue weighted by Gasteiger charge is -2.27. The maximum absolute atomic E-state index is 13.4. The van der Waals surface area contributed by atoms with E-state index in [-0.39, 0.29) is 119 Å². The standard InChI is InChI=1S/C18H27B3NO10P.C16H25B3NO10P.C11H18B2NO6P.C8H13BO4.3CH4/c1-9-12(29-17(19)14(9)28-11(3)24)8-27-33(26-6-5-22-4)32-15-13(7-25-10(2)23)30-18(20)16(15)31-21;1-8-11(28-15(17)12(8)26-9(2)22)7-25-31(23,24-5-4-20-3)30-13-10(6-21)27-16(18)14(13)29-19;1-7(15)16-6-8-9(10(19-13)11(12)18-8)20-21(3)17-5-4-14-2;1-4-6(3-10)13-8(9)7(4)12-5(2)11;;;/h9,12-18H,5-8,21H2,1-3H3;8,10-16,21H,4-7,19H2,1-2H3;8-11H,4-6,13H2,1,3H3;4,6-8,10H,3H2,1-2H3;3*1H4/t9?,12-,13-,14+,15?,16+,17-,18-,33?;8?,10-,11-,12+,13?,14+,15-,16-,31?;8-,9?,10+,11-,21?;4?,6-,7+,8-;;;/m1111.../s1/i21TD;19TD;13TD;;;;. The lowest BCUT2D eigenvalue weighted by Crippen LogP contribution is -2.38. The minimum absolute atomic E-state index is 0. The molecule has 0 aromatic rings. The van der Waals surface area contributed by atoms with Crippen LogP contribution in [0.4, 0.5) is 0 Å². The van der Waals surface area contributed by atoms with Gasteiger partial charge in [-0.3, -0.25) is 37.5 Å². The summed E-state index contributed by atoms with van der Waals surface area (Å²) < 4.78 is 175. The van der Waals surface area contributed by atoms with Crippen LogP contribution in [0.1, 0.15) is 77.7 Å². The smallest absolute Gasteiger partial charge is 0.463 e. The Hall–Kier alpha value is -3.27. The third kappa shape index (κ3) is 32.0. The van der Waals surface area contributed by atoms with Gasteiger partial charge in [0.15, 0.2) is 8.38 Å². The SMILES string of the molecule is C.C.C.[2H]B([3H])O[C@H]1C(OP(=O)(OCC[N+]#[C-])OC[C@H]2O[C@@H]([B])[C@@H](OC(C)=O)C2C)[C@@H](CO)O[C@H]1[B].[2H]B([3H])O[C@H]1C(OP(C)OCC[N+]#[C-])[C@@H](COC(C)=O)O[C@H]1[B].[2H]B([3H])O[C@H]1C(OP(OCC[N+]#[C-])OC[C@H]2O[C@@H]([B])[C@@H](OC(C)=O)C2C)[C@@H](COC(C)=O)O[C@H]1[B].[B][C@@H]1O[C@H](CO)C(C)[C@@H]1OC(C)=O. The fourth-order valence-electron chi connectivity index (χ4n) is 9.88. The molecule has 0 spiro atoms. The van der Waals surface area contributed by atoms with Gasteiger partial charge in [-0.2, -0.15) is 0 Å². The largest absolute Gasteiger partial charge is 0.475 e. The first-order valence-corrected chi connectivity index (χ1v) is 34.4. The molecule has 2 N–H and O–H groups in total. The van der Waals surface area contributed by atoms with Gasteiger partial charge in [0.05, 0.1) is 81.1 Å². The second kappa shape index (κ2) is 50.3. The summed E-state index contributed by atoms with van der Waals surface area (Å²) in [5.41, 5.74) is 0. The zero-order chi connectivity index (χ0) is 78.3. The van der Waals surface area contributed by atoms with Crippen LogP contribution in [0.5, 0.6) is 0 Å². The van der Waals surface area contributed by atoms with Crippen LogP contribution in [-0.2, 0) is 131 Å². The zero-order valence-corrected chi connectivity index (χ0v) is 58.2. The number of nitrogens with zero attached hydrogens (tertiary/aromatic N) is 3. The molecule has 0 amide bonds. The number of aliphatic hydroxyl groups excluding tert-OH is 2. The van der Waals surface area contributed by atoms with Gasteiger partial charge < -0.3 is 113 Å². The van der Waals surface area contributed by atoms with Crippen LogP contribution in [-0.4, -0.2) is 332 Å². The van der Waals surface area contributed by atoms with Gasteiger partial charge in [-0.1, -0.05) is 43.1 Å². The Balaban J connectivity index is 0.00000145. The number of esters is 5. The highest BCUT2D eigenvalue weighted by atomic mass is 31.2. The molecule has 101 heavy (non-hydrogen) atoms. The Morgan fingerprint density at radius 1 is 0.485 bits per heavy atom. The van der Waals surface area contributed by atoms with Crippen molar-refractivity contribution in [2.75, 3.05) is 85.8 Å². The van der Waals surface area contributed by atoms with Crippen molar-refractivity contribution in [2.45, 2.75) is 205 Å². The average molecular weight is 1490 g/mol. The summed E-state index contributed by atoms with van der Waals surface area (Å²) >= 11 is 0. The van der Waals surface area contributed by atoms with E-state index in [2.05, 4.69) is 14.5 Å². The number of rotatable bonds is 36. The van der Waals surface area contributed by atoms with E-state index in [0.29, 0.717) is 0 Å². The van der Waals surface area contributed by atoms with Crippen LogP contribution in [0, 0.1) is 37.5 Å². The first-order chi connectivity index (χ1) is 48.9. The summed E-state index contributed by atoms with van der Waals surface area (Å²) in [7, 11) is 22.0. The molecule has 9 unspecified atom stereocenters. The number of hydrogen-bond donors (Lipinski definition) is 2. The van der Waals surface area contributed by atoms with Gasteiger partial charge in [0.2, 0.25) is 19.6 Å². The van der Waals surface area contributed by atoms with E-state index < -0.39 is 207 Å². The van der Waals surface area contributed by atoms with E-state index in [1.165, 1.54) is 34.6 Å². The van der Waals surface area contributed by atoms with E-state index in [1.807, 2.05) is 6.92 Å². The molecule has 45 heteroatoms. The summed E-state index contributed by atoms with van der Waals surface area (Å²) in [5.74, 6) is -3.21. The average Bonchev–Trinajstić information content (AvgIpc) is 1.68. The minimum atomic E-state index is -4.42. The van der Waals surface area contributed by atoms with Crippen LogP contribution in [0.15, 0.2) is 0 Å². The van der Waals surface area contributed by atoms with Crippen molar-refractivity contribution in [2.24, 2.45) is 17.8 Å². The Kier molecular flexibility index (Phi) is 43.2. The van der Waals surface area contributed by atoms with Crippen molar-refractivity contribution in [1.29, 1.82) is 8.01 Å². The molecular weight excluding hydrogens is 1380 g/mol. The highest BCUT2D eigenvalue weighted by Gasteiger charge is 2.51. The van der Waals surface area contributed by atoms with Crippen LogP contribution in [0.25, 0.3) is 14.5 Å². The van der Waals surface area contributed by atoms with Gasteiger partial charge in [0, 0.05) is 85.1 Å². The summed E-state index contributed by atoms with van der Waals surface area (Å²) in [6.07, 6.45) is -12.4. The zero-order valence-electron chi connectivity index (χ0n) is 61.5. The molecule has 0 aromatic heterocycles. The Morgan fingerprint density at radius 3 is 1.24 bits per heavy atom. The van der Waals surface area contributed by atoms with E-state index in [1.54, 1.807) is 20.5 Å². The lowest BCUT2D eigenvalue weighted by atomic mass is 9.88. The van der Waals surface area contributed by atoms with Crippen LogP contribution in [0.3, 0.4) is 0 Å². The fraction of sp³-hybridized carbons (Fsp3) is 0.857. The highest BCUT2D eigenvalue weighted by molar-refractivity contribution is 7.48. The second-order valence-electron chi connectivity index (χ2n) is 22.0. The first-order valence-electron chi connectivity index (χ1n) is 33.7. The van der Waals surface area contributed by atoms with E-state index in [0.717, 1.165) is 0 Å². The molecule has 6 aliphatic rings. The molecule has 0 bridgehead atoms. The van der Waals surface area contributed by atoms with Gasteiger partial charge in [-0.15, -0.1) is 0 Å². The van der Waals surface area contributed by atoms with Gasteiger partial charge in [-0.25, -0.2) is 24.3 Å². The molecule has 6 heterocycles. The Morgan fingerprint density at radius 2 is 0.842 bits per heavy atom. The molecule has 0 saturated carbocycles. The number of phosphoric ester groups is 1. The maximum atomic E-state index is 13.4. The van der Waals surface area contributed by atoms with Crippen LogP contribution >= 0.6 is 24.8 Å². The molecule has 6 rings (SSSR count). The molecular formula is C56H95B9N3O30P3. The quantitative estimate of drug-likeness (QED) is 0.0192. The van der Waals surface area contributed by atoms with Gasteiger partial charge in [-0.05, 0) is 0 Å². The third-order valence-corrected chi connectivity index (χ3v) is 18.5. The number of carbonyl (C=O) groups is 5. The van der Waals surface area contributed by atoms with E-state index >= 15 is 0 Å². The molecule has 0 aromatic carbocycles. The molecule has 27 atom stereocenters. The second-order valence-corrected chi connectivity index (χ2v) is 26.1. The molecule has 33 nitrogen and oxygen atoms in total. The summed E-state index contributed by atoms with van der Waals surface area (Å²) in [6, 6.07) is -5.55. The van der Waals surface area contributed by atoms with Crippen molar-refractivity contribution in [3.8, 4) is 0 Å². The van der Waals surface area contributed by atoms with Crippen molar-refractivity contribution >= 4 is 126 Å². The van der Waals surface area contributed by atoms with Crippen LogP contribution in [0.2, 0.25) is 0 Å². The molecule has 556 valence electrons. The van der Waals surface area contributed by atoms with Gasteiger partial charge >= 0.3 is 46.3 Å². The van der Waals surface area contributed by atoms with Crippen molar-refractivity contribution in [3.63, 3.8) is 0 Å². The van der Waals surface area contributed by atoms with E-state index in [9.17, 15) is 33.6 Å². The first kappa shape index (κ1) is 86.7. The maximum Gasteiger partial charge on any atom is 0.475 e. The van der Waals surface area contributed by atoms with Crippen molar-refractivity contribution in [3.05, 3.63) is 34.3 Å². The molecule has 12 radical (unpaired) electrons. The van der Waals surface area contributed by atoms with Crippen molar-refractivity contribution < 1.29 is 141 Å². The monoisotopic (exact) mass is 1490 g/mol. The third-order valence-electron chi connectivity index (χ3n) is 14.8. The lowest BCUT2D eigenvalue weighted by molar-refractivity contribution is -0.149. The van der Waals surface area contributed by atoms with Crippen molar-refractivity contribution in [1.82, 2.24) is 0 Å². The van der Waals surface area contributed by atoms with Gasteiger partial charge in [0.1, 0.15) is 135 Å². The fourth-order valence-corrected chi connectivity index (χ4v) is 13.4. The number of carbonyl (C=O) groups excluding carboxylic acids is 5. The predicted octanol–water partition coefficient (Wildman–Crippen LogP) is -0.898. The molecule has 0 aliphatic carbocycles. The molecule has 6 aliphatic heterocycles. The van der Waals surface area contributed by atoms with E-state index in [4.69, 9.17) is 182 Å². The normalized spacial score (nSPS) is 34.6. The highest BCUT2D eigenvalue weighted by Crippen LogP contribution is 2.53. The Bertz CT molecular complexity index is 2810. The van der Waals surface area contributed by atoms with Gasteiger partial charge in [0.25, 0.3) is 23.9 Å². The van der Waals surface area contributed by atoms with Crippen LogP contribution < -0.4 is 0 Å².